The lowest BCUT2D eigenvalue weighted by molar-refractivity contribution is -0.116. The predicted octanol–water partition coefficient (Wildman–Crippen LogP) is 3.02. The maximum absolute atomic E-state index is 12.9. The molecular weight excluding hydrogens is 388 g/mol. The van der Waals surface area contributed by atoms with E-state index < -0.39 is 10.0 Å². The zero-order valence-electron chi connectivity index (χ0n) is 17.3. The summed E-state index contributed by atoms with van der Waals surface area (Å²) in [6.07, 6.45) is 1.53. The largest absolute Gasteiger partial charge is 0.273 e. The van der Waals surface area contributed by atoms with Crippen LogP contribution in [0.5, 0.6) is 0 Å². The molecule has 1 amide bonds. The van der Waals surface area contributed by atoms with Crippen LogP contribution in [0.3, 0.4) is 0 Å². The molecule has 0 saturated carbocycles. The van der Waals surface area contributed by atoms with Gasteiger partial charge in [-0.2, -0.15) is 0 Å². The molecule has 0 aliphatic rings. The lowest BCUT2D eigenvalue weighted by atomic mass is 9.95. The predicted molar refractivity (Wildman–Crippen MR) is 114 cm³/mol. The van der Waals surface area contributed by atoms with Crippen molar-refractivity contribution in [3.8, 4) is 0 Å². The van der Waals surface area contributed by atoms with Crippen LogP contribution in [0.25, 0.3) is 11.0 Å². The SMILES string of the molecule is Cc1c(C)c(C)c(S(=O)(=O)NCCC(=O)Nn2cnc3ccccc32)c(C)c1C. The van der Waals surface area contributed by atoms with E-state index in [4.69, 9.17) is 0 Å². The summed E-state index contributed by atoms with van der Waals surface area (Å²) in [7, 11) is -3.72. The van der Waals surface area contributed by atoms with Gasteiger partial charge in [0.25, 0.3) is 0 Å². The van der Waals surface area contributed by atoms with E-state index in [-0.39, 0.29) is 18.9 Å². The number of amides is 1. The van der Waals surface area contributed by atoms with Crippen LogP contribution in [0.2, 0.25) is 0 Å². The fourth-order valence-electron chi connectivity index (χ4n) is 3.48. The standard InChI is InChI=1S/C21H26N4O3S/c1-13-14(2)16(4)21(17(5)15(13)3)29(27,28)23-11-10-20(26)24-25-12-22-18-8-6-7-9-19(18)25/h6-9,12,23H,10-11H2,1-5H3,(H,24,26). The van der Waals surface area contributed by atoms with E-state index in [9.17, 15) is 13.2 Å². The van der Waals surface area contributed by atoms with Crippen LogP contribution in [-0.2, 0) is 14.8 Å². The molecule has 1 aromatic heterocycles. The molecule has 0 aliphatic carbocycles. The summed E-state index contributed by atoms with van der Waals surface area (Å²) in [5, 5.41) is 0. The maximum atomic E-state index is 12.9. The van der Waals surface area contributed by atoms with Gasteiger partial charge in [0.2, 0.25) is 15.9 Å². The molecular formula is C21H26N4O3S. The number of fused-ring (bicyclic) bond motifs is 1. The van der Waals surface area contributed by atoms with Gasteiger partial charge in [-0.05, 0) is 74.6 Å². The molecule has 3 aromatic rings. The first-order valence-electron chi connectivity index (χ1n) is 9.42. The number of imidazole rings is 1. The third-order valence-electron chi connectivity index (χ3n) is 5.54. The molecule has 0 radical (unpaired) electrons. The molecule has 154 valence electrons. The second-order valence-electron chi connectivity index (χ2n) is 7.24. The number of benzene rings is 2. The summed E-state index contributed by atoms with van der Waals surface area (Å²) >= 11 is 0. The Morgan fingerprint density at radius 1 is 0.966 bits per heavy atom. The lowest BCUT2D eigenvalue weighted by Crippen LogP contribution is -2.31. The smallest absolute Gasteiger partial charge is 0.241 e. The zero-order valence-corrected chi connectivity index (χ0v) is 18.1. The van der Waals surface area contributed by atoms with E-state index in [2.05, 4.69) is 15.1 Å². The van der Waals surface area contributed by atoms with Crippen molar-refractivity contribution < 1.29 is 13.2 Å². The lowest BCUT2D eigenvalue weighted by Gasteiger charge is -2.19. The van der Waals surface area contributed by atoms with Crippen LogP contribution in [0.15, 0.2) is 35.5 Å². The van der Waals surface area contributed by atoms with Gasteiger partial charge >= 0.3 is 0 Å². The molecule has 29 heavy (non-hydrogen) atoms. The summed E-state index contributed by atoms with van der Waals surface area (Å²) < 4.78 is 29.9. The van der Waals surface area contributed by atoms with Gasteiger partial charge in [-0.15, -0.1) is 0 Å². The molecule has 0 unspecified atom stereocenters. The summed E-state index contributed by atoms with van der Waals surface area (Å²) in [5.41, 5.74) is 8.79. The minimum atomic E-state index is -3.72. The Morgan fingerprint density at radius 3 is 2.21 bits per heavy atom. The van der Waals surface area contributed by atoms with E-state index in [0.29, 0.717) is 4.90 Å². The molecule has 1 heterocycles. The number of nitrogens with one attached hydrogen (secondary N) is 2. The number of carbonyl (C=O) groups is 1. The van der Waals surface area contributed by atoms with Crippen molar-refractivity contribution in [2.24, 2.45) is 0 Å². The highest BCUT2D eigenvalue weighted by Crippen LogP contribution is 2.29. The number of sulfonamides is 1. The Balaban J connectivity index is 1.69. The fraction of sp³-hybridized carbons (Fsp3) is 0.333. The summed E-state index contributed by atoms with van der Waals surface area (Å²) in [6, 6.07) is 7.42. The molecule has 0 aliphatic heterocycles. The third-order valence-corrected chi connectivity index (χ3v) is 7.28. The van der Waals surface area contributed by atoms with Crippen molar-refractivity contribution in [2.45, 2.75) is 45.9 Å². The number of hydrogen-bond donors (Lipinski definition) is 2. The second kappa shape index (κ2) is 7.96. The van der Waals surface area contributed by atoms with Gasteiger partial charge in [0.1, 0.15) is 6.33 Å². The Morgan fingerprint density at radius 2 is 1.55 bits per heavy atom. The fourth-order valence-corrected chi connectivity index (χ4v) is 5.11. The van der Waals surface area contributed by atoms with Crippen molar-refractivity contribution >= 4 is 27.0 Å². The summed E-state index contributed by atoms with van der Waals surface area (Å²) in [4.78, 5) is 16.8. The van der Waals surface area contributed by atoms with Gasteiger partial charge in [-0.25, -0.2) is 22.8 Å². The number of aromatic nitrogens is 2. The second-order valence-corrected chi connectivity index (χ2v) is 8.94. The Bertz CT molecular complexity index is 1170. The molecule has 0 atom stereocenters. The highest BCUT2D eigenvalue weighted by Gasteiger charge is 2.23. The van der Waals surface area contributed by atoms with Crippen LogP contribution in [0, 0.1) is 34.6 Å². The van der Waals surface area contributed by atoms with Crippen LogP contribution in [0.4, 0.5) is 0 Å². The van der Waals surface area contributed by atoms with E-state index in [1.807, 2.05) is 58.9 Å². The van der Waals surface area contributed by atoms with E-state index in [1.54, 1.807) is 0 Å². The van der Waals surface area contributed by atoms with E-state index in [1.165, 1.54) is 11.0 Å². The van der Waals surface area contributed by atoms with Gasteiger partial charge < -0.3 is 0 Å². The normalized spacial score (nSPS) is 11.8. The van der Waals surface area contributed by atoms with Gasteiger partial charge in [-0.3, -0.25) is 10.2 Å². The summed E-state index contributed by atoms with van der Waals surface area (Å²) in [6.45, 7) is 9.50. The van der Waals surface area contributed by atoms with E-state index >= 15 is 0 Å². The van der Waals surface area contributed by atoms with Gasteiger partial charge in [-0.1, -0.05) is 12.1 Å². The number of rotatable bonds is 6. The highest BCUT2D eigenvalue weighted by atomic mass is 32.2. The van der Waals surface area contributed by atoms with Gasteiger partial charge in [0.15, 0.2) is 0 Å². The molecule has 0 bridgehead atoms. The maximum Gasteiger partial charge on any atom is 0.241 e. The molecule has 0 fully saturated rings. The molecule has 3 rings (SSSR count). The topological polar surface area (TPSA) is 93.1 Å². The van der Waals surface area contributed by atoms with Gasteiger partial charge in [0, 0.05) is 13.0 Å². The van der Waals surface area contributed by atoms with Crippen molar-refractivity contribution in [2.75, 3.05) is 12.0 Å². The molecule has 2 aromatic carbocycles. The van der Waals surface area contributed by atoms with Crippen LogP contribution >= 0.6 is 0 Å². The van der Waals surface area contributed by atoms with Crippen molar-refractivity contribution in [1.82, 2.24) is 14.4 Å². The average Bonchev–Trinajstić information content (AvgIpc) is 3.07. The van der Waals surface area contributed by atoms with Gasteiger partial charge in [0.05, 0.1) is 15.9 Å². The quantitative estimate of drug-likeness (QED) is 0.648. The first-order valence-corrected chi connectivity index (χ1v) is 10.9. The summed E-state index contributed by atoms with van der Waals surface area (Å²) in [5.74, 6) is -0.305. The monoisotopic (exact) mass is 414 g/mol. The Hall–Kier alpha value is -2.71. The number of hydrogen-bond acceptors (Lipinski definition) is 4. The molecule has 2 N–H and O–H groups in total. The van der Waals surface area contributed by atoms with E-state index in [0.717, 1.165) is 38.9 Å². The number of carbonyl (C=O) groups excluding carboxylic acids is 1. The first-order chi connectivity index (χ1) is 13.6. The zero-order chi connectivity index (χ0) is 21.3. The first kappa shape index (κ1) is 21.0. The number of nitrogens with zero attached hydrogens (tertiary/aromatic N) is 2. The molecule has 8 heteroatoms. The minimum absolute atomic E-state index is 0.00560. The molecule has 0 spiro atoms. The van der Waals surface area contributed by atoms with Crippen molar-refractivity contribution in [3.63, 3.8) is 0 Å². The highest BCUT2D eigenvalue weighted by molar-refractivity contribution is 7.89. The number of para-hydroxylation sites is 2. The van der Waals surface area contributed by atoms with Crippen LogP contribution in [0.1, 0.15) is 34.2 Å². The van der Waals surface area contributed by atoms with Crippen LogP contribution < -0.4 is 10.1 Å². The third kappa shape index (κ3) is 4.04. The Labute approximate surface area is 171 Å². The van der Waals surface area contributed by atoms with Crippen molar-refractivity contribution in [3.05, 3.63) is 58.4 Å². The molecule has 7 nitrogen and oxygen atoms in total. The van der Waals surface area contributed by atoms with Crippen LogP contribution in [-0.4, -0.2) is 30.5 Å². The average molecular weight is 415 g/mol. The minimum Gasteiger partial charge on any atom is -0.273 e. The Kier molecular flexibility index (Phi) is 5.77. The van der Waals surface area contributed by atoms with Crippen molar-refractivity contribution in [1.29, 1.82) is 0 Å². The molecule has 0 saturated heterocycles.